The van der Waals surface area contributed by atoms with Crippen molar-refractivity contribution in [1.29, 1.82) is 0 Å². The van der Waals surface area contributed by atoms with E-state index in [4.69, 9.17) is 4.42 Å². The molecule has 0 aromatic carbocycles. The van der Waals surface area contributed by atoms with Gasteiger partial charge in [-0.2, -0.15) is 0 Å². The predicted molar refractivity (Wildman–Crippen MR) is 77.6 cm³/mol. The second-order valence-electron chi connectivity index (χ2n) is 5.35. The predicted octanol–water partition coefficient (Wildman–Crippen LogP) is 2.58. The van der Waals surface area contributed by atoms with E-state index in [1.54, 1.807) is 12.4 Å². The third kappa shape index (κ3) is 2.08. The number of rotatable bonds is 3. The van der Waals surface area contributed by atoms with Crippen molar-refractivity contribution in [2.75, 3.05) is 5.32 Å². The van der Waals surface area contributed by atoms with Crippen LogP contribution in [0.5, 0.6) is 0 Å². The second kappa shape index (κ2) is 4.44. The summed E-state index contributed by atoms with van der Waals surface area (Å²) in [4.78, 5) is 20.0. The highest BCUT2D eigenvalue weighted by Crippen LogP contribution is 2.31. The van der Waals surface area contributed by atoms with Crippen LogP contribution >= 0.6 is 0 Å². The third-order valence-electron chi connectivity index (χ3n) is 3.81. The van der Waals surface area contributed by atoms with Crippen molar-refractivity contribution in [2.45, 2.75) is 12.8 Å². The molecule has 6 nitrogen and oxygen atoms in total. The van der Waals surface area contributed by atoms with Crippen molar-refractivity contribution in [3.63, 3.8) is 0 Å². The second-order valence-corrected chi connectivity index (χ2v) is 5.35. The number of carbonyl (C=O) groups excluding carboxylic acids is 1. The van der Waals surface area contributed by atoms with E-state index in [0.29, 0.717) is 11.6 Å². The lowest BCUT2D eigenvalue weighted by Gasteiger charge is -2.05. The van der Waals surface area contributed by atoms with Crippen molar-refractivity contribution in [3.05, 3.63) is 30.9 Å². The number of carbonyl (C=O) groups is 1. The standard InChI is InChI=1S/C15H14N4O2/c1-19-11-5-14(18-15(20)9-2-3-9)17-6-10(11)4-12(19)13-7-16-8-21-13/h4-9H,2-3H2,1H3,(H,17,18,20). The van der Waals surface area contributed by atoms with Gasteiger partial charge >= 0.3 is 0 Å². The fraction of sp³-hybridized carbons (Fsp3) is 0.267. The van der Waals surface area contributed by atoms with Crippen LogP contribution < -0.4 is 5.32 Å². The van der Waals surface area contributed by atoms with Gasteiger partial charge < -0.3 is 14.3 Å². The van der Waals surface area contributed by atoms with Crippen LogP contribution in [0.15, 0.2) is 35.3 Å². The number of pyridine rings is 1. The number of hydrogen-bond acceptors (Lipinski definition) is 4. The van der Waals surface area contributed by atoms with Gasteiger partial charge in [0.1, 0.15) is 5.82 Å². The molecule has 1 amide bonds. The number of aryl methyl sites for hydroxylation is 1. The summed E-state index contributed by atoms with van der Waals surface area (Å²) < 4.78 is 7.35. The fourth-order valence-electron chi connectivity index (χ4n) is 2.45. The van der Waals surface area contributed by atoms with Crippen LogP contribution in [0, 0.1) is 5.92 Å². The number of fused-ring (bicyclic) bond motifs is 1. The van der Waals surface area contributed by atoms with Crippen LogP contribution in [0.4, 0.5) is 5.82 Å². The van der Waals surface area contributed by atoms with E-state index in [2.05, 4.69) is 15.3 Å². The average molecular weight is 282 g/mol. The summed E-state index contributed by atoms with van der Waals surface area (Å²) in [6.45, 7) is 0. The van der Waals surface area contributed by atoms with Crippen LogP contribution in [0.3, 0.4) is 0 Å². The summed E-state index contributed by atoms with van der Waals surface area (Å²) in [7, 11) is 1.95. The Balaban J connectivity index is 1.73. The highest BCUT2D eigenvalue weighted by molar-refractivity contribution is 5.95. The molecule has 4 rings (SSSR count). The molecule has 0 spiro atoms. The fourth-order valence-corrected chi connectivity index (χ4v) is 2.45. The maximum atomic E-state index is 11.8. The molecule has 0 radical (unpaired) electrons. The molecule has 0 atom stereocenters. The lowest BCUT2D eigenvalue weighted by atomic mass is 10.3. The summed E-state index contributed by atoms with van der Waals surface area (Å²) in [6.07, 6.45) is 6.81. The zero-order valence-corrected chi connectivity index (χ0v) is 11.5. The van der Waals surface area contributed by atoms with E-state index in [-0.39, 0.29) is 11.8 Å². The van der Waals surface area contributed by atoms with Crippen LogP contribution in [-0.2, 0) is 11.8 Å². The van der Waals surface area contributed by atoms with Crippen LogP contribution in [0.1, 0.15) is 12.8 Å². The highest BCUT2D eigenvalue weighted by atomic mass is 16.3. The molecule has 6 heteroatoms. The molecule has 1 aliphatic rings. The number of amides is 1. The number of nitrogens with one attached hydrogen (secondary N) is 1. The van der Waals surface area contributed by atoms with Crippen LogP contribution in [0.2, 0.25) is 0 Å². The normalized spacial score (nSPS) is 14.5. The van der Waals surface area contributed by atoms with Gasteiger partial charge in [0.2, 0.25) is 5.91 Å². The smallest absolute Gasteiger partial charge is 0.228 e. The number of hydrogen-bond donors (Lipinski definition) is 1. The summed E-state index contributed by atoms with van der Waals surface area (Å²) >= 11 is 0. The van der Waals surface area contributed by atoms with E-state index in [0.717, 1.165) is 29.4 Å². The molecule has 1 saturated carbocycles. The van der Waals surface area contributed by atoms with E-state index in [1.165, 1.54) is 6.39 Å². The Kier molecular flexibility index (Phi) is 2.57. The van der Waals surface area contributed by atoms with Gasteiger partial charge in [0, 0.05) is 30.6 Å². The molecule has 1 fully saturated rings. The minimum absolute atomic E-state index is 0.0616. The Bertz CT molecular complexity index is 816. The molecular formula is C15H14N4O2. The van der Waals surface area contributed by atoms with E-state index in [9.17, 15) is 4.79 Å². The molecule has 3 aromatic rings. The quantitative estimate of drug-likeness (QED) is 0.801. The summed E-state index contributed by atoms with van der Waals surface area (Å²) in [5.74, 6) is 1.52. The minimum Gasteiger partial charge on any atom is -0.442 e. The first-order valence-corrected chi connectivity index (χ1v) is 6.87. The first-order chi connectivity index (χ1) is 10.2. The van der Waals surface area contributed by atoms with E-state index >= 15 is 0 Å². The van der Waals surface area contributed by atoms with E-state index < -0.39 is 0 Å². The Morgan fingerprint density at radius 1 is 1.38 bits per heavy atom. The monoisotopic (exact) mass is 282 g/mol. The molecule has 0 unspecified atom stereocenters. The molecule has 21 heavy (non-hydrogen) atoms. The lowest BCUT2D eigenvalue weighted by Crippen LogP contribution is -2.14. The van der Waals surface area contributed by atoms with Crippen molar-refractivity contribution >= 4 is 22.6 Å². The van der Waals surface area contributed by atoms with Gasteiger partial charge in [-0.3, -0.25) is 4.79 Å². The maximum Gasteiger partial charge on any atom is 0.228 e. The molecule has 106 valence electrons. The van der Waals surface area contributed by atoms with Gasteiger partial charge in [0.05, 0.1) is 17.4 Å². The van der Waals surface area contributed by atoms with Gasteiger partial charge in [0.25, 0.3) is 0 Å². The van der Waals surface area contributed by atoms with E-state index in [1.807, 2.05) is 23.7 Å². The Labute approximate surface area is 120 Å². The molecular weight excluding hydrogens is 268 g/mol. The Morgan fingerprint density at radius 2 is 2.24 bits per heavy atom. The molecule has 0 saturated heterocycles. The zero-order chi connectivity index (χ0) is 14.4. The number of nitrogens with zero attached hydrogens (tertiary/aromatic N) is 3. The van der Waals surface area contributed by atoms with Gasteiger partial charge in [-0.15, -0.1) is 0 Å². The summed E-state index contributed by atoms with van der Waals surface area (Å²) in [5.41, 5.74) is 1.91. The number of oxazole rings is 1. The summed E-state index contributed by atoms with van der Waals surface area (Å²) in [6, 6.07) is 3.88. The number of anilines is 1. The minimum atomic E-state index is 0.0616. The zero-order valence-electron chi connectivity index (χ0n) is 11.5. The molecule has 1 N–H and O–H groups in total. The molecule has 3 aromatic heterocycles. The first kappa shape index (κ1) is 12.1. The molecule has 1 aliphatic carbocycles. The van der Waals surface area contributed by atoms with Crippen molar-refractivity contribution in [3.8, 4) is 11.5 Å². The Hall–Kier alpha value is -2.63. The molecule has 0 aliphatic heterocycles. The van der Waals surface area contributed by atoms with Gasteiger partial charge in [-0.1, -0.05) is 0 Å². The van der Waals surface area contributed by atoms with Crippen LogP contribution in [0.25, 0.3) is 22.4 Å². The van der Waals surface area contributed by atoms with Crippen LogP contribution in [-0.4, -0.2) is 20.4 Å². The molecule has 3 heterocycles. The largest absolute Gasteiger partial charge is 0.442 e. The first-order valence-electron chi connectivity index (χ1n) is 6.87. The Morgan fingerprint density at radius 3 is 2.95 bits per heavy atom. The SMILES string of the molecule is Cn1c(-c2cnco2)cc2cnc(NC(=O)C3CC3)cc21. The molecule has 0 bridgehead atoms. The topological polar surface area (TPSA) is 73.0 Å². The number of aromatic nitrogens is 3. The van der Waals surface area contributed by atoms with Gasteiger partial charge in [-0.05, 0) is 18.9 Å². The van der Waals surface area contributed by atoms with Crippen molar-refractivity contribution < 1.29 is 9.21 Å². The lowest BCUT2D eigenvalue weighted by molar-refractivity contribution is -0.117. The van der Waals surface area contributed by atoms with Gasteiger partial charge in [0.15, 0.2) is 12.2 Å². The van der Waals surface area contributed by atoms with Crippen molar-refractivity contribution in [2.24, 2.45) is 13.0 Å². The van der Waals surface area contributed by atoms with Crippen molar-refractivity contribution in [1.82, 2.24) is 14.5 Å². The summed E-state index contributed by atoms with van der Waals surface area (Å²) in [5, 5.41) is 3.86. The highest BCUT2D eigenvalue weighted by Gasteiger charge is 2.29. The third-order valence-corrected chi connectivity index (χ3v) is 3.81. The van der Waals surface area contributed by atoms with Gasteiger partial charge in [-0.25, -0.2) is 9.97 Å². The average Bonchev–Trinajstić information content (AvgIpc) is 3.11. The maximum absolute atomic E-state index is 11.8.